The molecule has 14 heavy (non-hydrogen) atoms. The van der Waals surface area contributed by atoms with Crippen LogP contribution in [0.1, 0.15) is 17.5 Å². The van der Waals surface area contributed by atoms with Crippen LogP contribution in [0.3, 0.4) is 0 Å². The Labute approximate surface area is 82.7 Å². The Kier molecular flexibility index (Phi) is 2.52. The summed E-state index contributed by atoms with van der Waals surface area (Å²) in [5, 5.41) is 3.49. The van der Waals surface area contributed by atoms with Crippen LogP contribution in [0.15, 0.2) is 35.5 Å². The third kappa shape index (κ3) is 1.63. The lowest BCUT2D eigenvalue weighted by molar-refractivity contribution is 0.983. The number of hydrogen-bond donors (Lipinski definition) is 0. The van der Waals surface area contributed by atoms with Crippen molar-refractivity contribution >= 4 is 5.57 Å². The van der Waals surface area contributed by atoms with Crippen molar-refractivity contribution in [3.63, 3.8) is 0 Å². The van der Waals surface area contributed by atoms with Crippen molar-refractivity contribution in [2.45, 2.75) is 12.8 Å². The van der Waals surface area contributed by atoms with Gasteiger partial charge in [-0.05, 0) is 35.1 Å². The van der Waals surface area contributed by atoms with Gasteiger partial charge in [0.1, 0.15) is 0 Å². The maximum Gasteiger partial charge on any atom is 0.0292 e. The van der Waals surface area contributed by atoms with Gasteiger partial charge in [-0.1, -0.05) is 35.5 Å². The summed E-state index contributed by atoms with van der Waals surface area (Å²) < 4.78 is 0. The molecule has 1 aromatic carbocycles. The van der Waals surface area contributed by atoms with Crippen molar-refractivity contribution < 1.29 is 0 Å². The van der Waals surface area contributed by atoms with Gasteiger partial charge in [-0.25, -0.2) is 0 Å². The van der Waals surface area contributed by atoms with Crippen molar-refractivity contribution in [1.29, 1.82) is 0 Å². The second-order valence-electron chi connectivity index (χ2n) is 3.31. The van der Waals surface area contributed by atoms with Crippen LogP contribution in [0.5, 0.6) is 0 Å². The molecule has 3 nitrogen and oxygen atoms in total. The lowest BCUT2D eigenvalue weighted by Crippen LogP contribution is -2.06. The average Bonchev–Trinajstić information content (AvgIpc) is 2.19. The van der Waals surface area contributed by atoms with E-state index in [1.165, 1.54) is 16.7 Å². The molecule has 0 aliphatic heterocycles. The largest absolute Gasteiger partial charge is 0.0937 e. The first-order chi connectivity index (χ1) is 6.92. The lowest BCUT2D eigenvalue weighted by Gasteiger charge is -2.22. The summed E-state index contributed by atoms with van der Waals surface area (Å²) in [4.78, 5) is 2.72. The predicted octanol–water partition coefficient (Wildman–Crippen LogP) is 3.33. The predicted molar refractivity (Wildman–Crippen MR) is 56.8 cm³/mol. The Morgan fingerprint density at radius 1 is 1.43 bits per heavy atom. The third-order valence-electron chi connectivity index (χ3n) is 2.43. The van der Waals surface area contributed by atoms with E-state index >= 15 is 0 Å². The molecular weight excluding hydrogens is 174 g/mol. The molecule has 0 heterocycles. The van der Waals surface area contributed by atoms with Crippen LogP contribution in [-0.2, 0) is 6.42 Å². The van der Waals surface area contributed by atoms with Gasteiger partial charge in [-0.2, -0.15) is 0 Å². The monoisotopic (exact) mass is 185 g/mol. The zero-order chi connectivity index (χ0) is 9.80. The molecule has 0 bridgehead atoms. The minimum atomic E-state index is 0.558. The normalized spacial score (nSPS) is 15.6. The number of hydrogen-bond acceptors (Lipinski definition) is 1. The first kappa shape index (κ1) is 8.85. The molecule has 70 valence electrons. The standard InChI is InChI=1S/C11H11N3/c12-14-13-7-3-5-10-8-9-4-1-2-6-11(9)10/h1-2,4-6H,3,7-8H2/b10-5+. The highest BCUT2D eigenvalue weighted by Crippen LogP contribution is 2.33. The quantitative estimate of drug-likeness (QED) is 0.300. The van der Waals surface area contributed by atoms with E-state index in [0.29, 0.717) is 6.54 Å². The summed E-state index contributed by atoms with van der Waals surface area (Å²) in [6.45, 7) is 0.558. The maximum absolute atomic E-state index is 8.10. The van der Waals surface area contributed by atoms with Gasteiger partial charge in [0.15, 0.2) is 0 Å². The molecule has 0 amide bonds. The van der Waals surface area contributed by atoms with Gasteiger partial charge in [0.2, 0.25) is 0 Å². The van der Waals surface area contributed by atoms with E-state index in [1.807, 2.05) is 0 Å². The van der Waals surface area contributed by atoms with Gasteiger partial charge in [-0.15, -0.1) is 0 Å². The second kappa shape index (κ2) is 3.99. The summed E-state index contributed by atoms with van der Waals surface area (Å²) in [5.74, 6) is 0. The Balaban J connectivity index is 2.01. The van der Waals surface area contributed by atoms with Crippen molar-refractivity contribution in [2.75, 3.05) is 6.54 Å². The van der Waals surface area contributed by atoms with E-state index in [1.54, 1.807) is 0 Å². The summed E-state index contributed by atoms with van der Waals surface area (Å²) in [6, 6.07) is 8.41. The number of benzene rings is 1. The first-order valence-corrected chi connectivity index (χ1v) is 4.70. The van der Waals surface area contributed by atoms with Crippen molar-refractivity contribution in [3.05, 3.63) is 51.9 Å². The first-order valence-electron chi connectivity index (χ1n) is 4.70. The van der Waals surface area contributed by atoms with Crippen LogP contribution >= 0.6 is 0 Å². The van der Waals surface area contributed by atoms with Gasteiger partial charge >= 0.3 is 0 Å². The van der Waals surface area contributed by atoms with Crippen LogP contribution in [0, 0.1) is 0 Å². The fraction of sp³-hybridized carbons (Fsp3) is 0.273. The molecule has 0 saturated carbocycles. The van der Waals surface area contributed by atoms with Gasteiger partial charge in [0, 0.05) is 11.5 Å². The van der Waals surface area contributed by atoms with E-state index in [2.05, 4.69) is 40.4 Å². The Morgan fingerprint density at radius 2 is 2.29 bits per heavy atom. The molecule has 1 aliphatic carbocycles. The average molecular weight is 185 g/mol. The summed E-state index contributed by atoms with van der Waals surface area (Å²) in [5.41, 5.74) is 12.3. The highest BCUT2D eigenvalue weighted by atomic mass is 15.1. The fourth-order valence-electron chi connectivity index (χ4n) is 1.70. The van der Waals surface area contributed by atoms with Gasteiger partial charge in [-0.3, -0.25) is 0 Å². The topological polar surface area (TPSA) is 48.8 Å². The maximum atomic E-state index is 8.10. The number of nitrogens with zero attached hydrogens (tertiary/aromatic N) is 3. The summed E-state index contributed by atoms with van der Waals surface area (Å²) in [7, 11) is 0. The molecule has 0 spiro atoms. The third-order valence-corrected chi connectivity index (χ3v) is 2.43. The molecule has 0 atom stereocenters. The number of fused-ring (bicyclic) bond motifs is 1. The molecule has 1 aliphatic rings. The van der Waals surface area contributed by atoms with Crippen LogP contribution < -0.4 is 0 Å². The van der Waals surface area contributed by atoms with Crippen molar-refractivity contribution in [1.82, 2.24) is 0 Å². The van der Waals surface area contributed by atoms with Gasteiger partial charge in [0.25, 0.3) is 0 Å². The van der Waals surface area contributed by atoms with Crippen molar-refractivity contribution in [3.8, 4) is 0 Å². The lowest BCUT2D eigenvalue weighted by atomic mass is 9.82. The molecule has 0 radical (unpaired) electrons. The smallest absolute Gasteiger partial charge is 0.0292 e. The Morgan fingerprint density at radius 3 is 3.07 bits per heavy atom. The number of azide groups is 1. The van der Waals surface area contributed by atoms with E-state index in [0.717, 1.165) is 12.8 Å². The zero-order valence-electron chi connectivity index (χ0n) is 7.85. The van der Waals surface area contributed by atoms with Crippen LogP contribution in [-0.4, -0.2) is 6.54 Å². The van der Waals surface area contributed by atoms with E-state index in [-0.39, 0.29) is 0 Å². The van der Waals surface area contributed by atoms with Gasteiger partial charge < -0.3 is 0 Å². The SMILES string of the molecule is [N-]=[N+]=NCC/C=C1\Cc2ccccc21. The zero-order valence-corrected chi connectivity index (χ0v) is 7.85. The molecule has 0 N–H and O–H groups in total. The molecular formula is C11H11N3. The Bertz CT molecular complexity index is 414. The Hall–Kier alpha value is -1.73. The highest BCUT2D eigenvalue weighted by molar-refractivity contribution is 5.79. The molecule has 3 heteroatoms. The van der Waals surface area contributed by atoms with E-state index < -0.39 is 0 Å². The van der Waals surface area contributed by atoms with Gasteiger partial charge in [0.05, 0.1) is 0 Å². The minimum Gasteiger partial charge on any atom is -0.0937 e. The number of rotatable bonds is 3. The molecule has 1 aromatic rings. The van der Waals surface area contributed by atoms with E-state index in [9.17, 15) is 0 Å². The summed E-state index contributed by atoms with van der Waals surface area (Å²) in [6.07, 6.45) is 4.07. The van der Waals surface area contributed by atoms with Crippen LogP contribution in [0.25, 0.3) is 16.0 Å². The molecule has 0 unspecified atom stereocenters. The van der Waals surface area contributed by atoms with Crippen LogP contribution in [0.2, 0.25) is 0 Å². The van der Waals surface area contributed by atoms with Crippen molar-refractivity contribution in [2.24, 2.45) is 5.11 Å². The van der Waals surface area contributed by atoms with Crippen LogP contribution in [0.4, 0.5) is 0 Å². The minimum absolute atomic E-state index is 0.558. The molecule has 0 aromatic heterocycles. The molecule has 0 fully saturated rings. The molecule has 0 saturated heterocycles. The van der Waals surface area contributed by atoms with E-state index in [4.69, 9.17) is 5.53 Å². The highest BCUT2D eigenvalue weighted by Gasteiger charge is 2.16. The second-order valence-corrected chi connectivity index (χ2v) is 3.31. The molecule has 2 rings (SSSR count). The number of allylic oxidation sites excluding steroid dienone is 1. The summed E-state index contributed by atoms with van der Waals surface area (Å²) >= 11 is 0. The fourth-order valence-corrected chi connectivity index (χ4v) is 1.70.